The molecule has 0 amide bonds. The minimum atomic E-state index is -0.621. The molecule has 0 aromatic heterocycles. The molecule has 0 fully saturated rings. The third-order valence-electron chi connectivity index (χ3n) is 3.57. The van der Waals surface area contributed by atoms with Gasteiger partial charge in [0.1, 0.15) is 0 Å². The summed E-state index contributed by atoms with van der Waals surface area (Å²) in [5.41, 5.74) is 1.31. The SMILES string of the molecule is COc1cc(/C=C(/C#N)c2cccc(Cl)c2)ccc1OC(=O)C(C)(C)C. The van der Waals surface area contributed by atoms with Gasteiger partial charge in [-0.15, -0.1) is 0 Å². The quantitative estimate of drug-likeness (QED) is 0.315. The van der Waals surface area contributed by atoms with Gasteiger partial charge in [0, 0.05) is 5.02 Å². The monoisotopic (exact) mass is 369 g/mol. The Morgan fingerprint density at radius 1 is 1.15 bits per heavy atom. The van der Waals surface area contributed by atoms with Crippen LogP contribution < -0.4 is 9.47 Å². The highest BCUT2D eigenvalue weighted by Crippen LogP contribution is 2.31. The Labute approximate surface area is 158 Å². The third kappa shape index (κ3) is 4.87. The summed E-state index contributed by atoms with van der Waals surface area (Å²) in [6.45, 7) is 5.34. The number of ether oxygens (including phenoxy) is 2. The predicted molar refractivity (Wildman–Crippen MR) is 103 cm³/mol. The van der Waals surface area contributed by atoms with Gasteiger partial charge in [0.15, 0.2) is 11.5 Å². The average Bonchev–Trinajstić information content (AvgIpc) is 2.59. The van der Waals surface area contributed by atoms with E-state index < -0.39 is 5.41 Å². The van der Waals surface area contributed by atoms with Crippen molar-refractivity contribution < 1.29 is 14.3 Å². The molecule has 0 spiro atoms. The summed E-state index contributed by atoms with van der Waals surface area (Å²) in [4.78, 5) is 12.1. The van der Waals surface area contributed by atoms with E-state index in [4.69, 9.17) is 21.1 Å². The molecule has 4 nitrogen and oxygen atoms in total. The molecule has 2 rings (SSSR count). The van der Waals surface area contributed by atoms with Crippen molar-refractivity contribution in [3.8, 4) is 17.6 Å². The first kappa shape index (κ1) is 19.6. The van der Waals surface area contributed by atoms with E-state index in [-0.39, 0.29) is 5.97 Å². The highest BCUT2D eigenvalue weighted by Gasteiger charge is 2.24. The zero-order chi connectivity index (χ0) is 19.3. The lowest BCUT2D eigenvalue weighted by Crippen LogP contribution is -2.25. The maximum atomic E-state index is 12.1. The van der Waals surface area contributed by atoms with Gasteiger partial charge >= 0.3 is 5.97 Å². The number of nitrogens with zero attached hydrogens (tertiary/aromatic N) is 1. The summed E-state index contributed by atoms with van der Waals surface area (Å²) in [6.07, 6.45) is 1.73. The Hall–Kier alpha value is -2.77. The predicted octanol–water partition coefficient (Wildman–Crippen LogP) is 5.36. The smallest absolute Gasteiger partial charge is 0.316 e. The summed E-state index contributed by atoms with van der Waals surface area (Å²) in [6, 6.07) is 14.4. The standard InChI is InChI=1S/C21H20ClNO3/c1-21(2,3)20(24)26-18-9-8-14(11-19(18)25-4)10-16(13-23)15-6-5-7-17(22)12-15/h5-12H,1-4H3/b16-10-. The van der Waals surface area contributed by atoms with Gasteiger partial charge in [0.05, 0.1) is 24.2 Å². The van der Waals surface area contributed by atoms with Crippen LogP contribution in [0, 0.1) is 16.7 Å². The van der Waals surface area contributed by atoms with E-state index in [2.05, 4.69) is 6.07 Å². The molecule has 0 aliphatic carbocycles. The molecule has 0 aliphatic rings. The molecule has 5 heteroatoms. The molecular weight excluding hydrogens is 350 g/mol. The summed E-state index contributed by atoms with van der Waals surface area (Å²) >= 11 is 6.00. The number of rotatable bonds is 4. The largest absolute Gasteiger partial charge is 0.493 e. The van der Waals surface area contributed by atoms with Crippen molar-refractivity contribution in [1.82, 2.24) is 0 Å². The molecule has 2 aromatic carbocycles. The van der Waals surface area contributed by atoms with Crippen molar-refractivity contribution in [2.45, 2.75) is 20.8 Å². The van der Waals surface area contributed by atoms with Crippen LogP contribution in [-0.4, -0.2) is 13.1 Å². The van der Waals surface area contributed by atoms with Crippen LogP contribution in [0.5, 0.6) is 11.5 Å². The second-order valence-corrected chi connectivity index (χ2v) is 7.17. The van der Waals surface area contributed by atoms with Crippen molar-refractivity contribution in [2.75, 3.05) is 7.11 Å². The summed E-state index contributed by atoms with van der Waals surface area (Å²) in [5.74, 6) is 0.404. The summed E-state index contributed by atoms with van der Waals surface area (Å²) in [7, 11) is 1.50. The second kappa shape index (κ2) is 8.07. The Morgan fingerprint density at radius 3 is 2.46 bits per heavy atom. The molecule has 0 heterocycles. The fourth-order valence-corrected chi connectivity index (χ4v) is 2.30. The molecule has 0 N–H and O–H groups in total. The van der Waals surface area contributed by atoms with Crippen LogP contribution in [0.1, 0.15) is 31.9 Å². The fourth-order valence-electron chi connectivity index (χ4n) is 2.11. The Kier molecular flexibility index (Phi) is 6.07. The zero-order valence-electron chi connectivity index (χ0n) is 15.2. The van der Waals surface area contributed by atoms with Crippen molar-refractivity contribution in [1.29, 1.82) is 5.26 Å². The Balaban J connectivity index is 2.36. The zero-order valence-corrected chi connectivity index (χ0v) is 15.9. The van der Waals surface area contributed by atoms with Crippen LogP contribution in [0.25, 0.3) is 11.6 Å². The lowest BCUT2D eigenvalue weighted by atomic mass is 9.97. The second-order valence-electron chi connectivity index (χ2n) is 6.73. The van der Waals surface area contributed by atoms with Crippen LogP contribution >= 0.6 is 11.6 Å². The maximum absolute atomic E-state index is 12.1. The number of hydrogen-bond donors (Lipinski definition) is 0. The van der Waals surface area contributed by atoms with Crippen LogP contribution in [0.4, 0.5) is 0 Å². The number of allylic oxidation sites excluding steroid dienone is 1. The molecule has 0 saturated carbocycles. The molecular formula is C21H20ClNO3. The normalized spacial score (nSPS) is 11.6. The van der Waals surface area contributed by atoms with E-state index in [1.54, 1.807) is 63.2 Å². The van der Waals surface area contributed by atoms with Gasteiger partial charge < -0.3 is 9.47 Å². The number of hydrogen-bond acceptors (Lipinski definition) is 4. The molecule has 0 aliphatic heterocycles. The number of esters is 1. The van der Waals surface area contributed by atoms with E-state index in [0.29, 0.717) is 22.1 Å². The van der Waals surface area contributed by atoms with E-state index in [1.165, 1.54) is 7.11 Å². The Bertz CT molecular complexity index is 889. The molecule has 0 unspecified atom stereocenters. The number of halogens is 1. The van der Waals surface area contributed by atoms with Gasteiger partial charge in [-0.2, -0.15) is 5.26 Å². The maximum Gasteiger partial charge on any atom is 0.316 e. The van der Waals surface area contributed by atoms with E-state index >= 15 is 0 Å². The average molecular weight is 370 g/mol. The van der Waals surface area contributed by atoms with Crippen LogP contribution in [0.15, 0.2) is 42.5 Å². The molecule has 2 aromatic rings. The number of nitriles is 1. The van der Waals surface area contributed by atoms with Crippen molar-refractivity contribution in [3.05, 3.63) is 58.6 Å². The minimum Gasteiger partial charge on any atom is -0.493 e. The Morgan fingerprint density at radius 2 is 1.88 bits per heavy atom. The van der Waals surface area contributed by atoms with Crippen LogP contribution in [-0.2, 0) is 4.79 Å². The molecule has 134 valence electrons. The van der Waals surface area contributed by atoms with Gasteiger partial charge in [0.25, 0.3) is 0 Å². The lowest BCUT2D eigenvalue weighted by molar-refractivity contribution is -0.143. The van der Waals surface area contributed by atoms with E-state index in [1.807, 2.05) is 6.07 Å². The fraction of sp³-hybridized carbons (Fsp3) is 0.238. The molecule has 0 atom stereocenters. The first-order chi connectivity index (χ1) is 12.2. The van der Waals surface area contributed by atoms with Gasteiger partial charge in [0.2, 0.25) is 0 Å². The first-order valence-electron chi connectivity index (χ1n) is 8.02. The third-order valence-corrected chi connectivity index (χ3v) is 3.80. The van der Waals surface area contributed by atoms with Crippen molar-refractivity contribution >= 4 is 29.2 Å². The van der Waals surface area contributed by atoms with Crippen molar-refractivity contribution in [3.63, 3.8) is 0 Å². The number of benzene rings is 2. The molecule has 0 bridgehead atoms. The number of carbonyl (C=O) groups is 1. The summed E-state index contributed by atoms with van der Waals surface area (Å²) < 4.78 is 10.7. The molecule has 26 heavy (non-hydrogen) atoms. The highest BCUT2D eigenvalue weighted by atomic mass is 35.5. The first-order valence-corrected chi connectivity index (χ1v) is 8.40. The topological polar surface area (TPSA) is 59.3 Å². The van der Waals surface area contributed by atoms with E-state index in [0.717, 1.165) is 11.1 Å². The summed E-state index contributed by atoms with van der Waals surface area (Å²) in [5, 5.41) is 10.0. The van der Waals surface area contributed by atoms with Gasteiger partial charge in [-0.1, -0.05) is 29.8 Å². The number of carbonyl (C=O) groups excluding carboxylic acids is 1. The molecule has 0 saturated heterocycles. The molecule has 0 radical (unpaired) electrons. The van der Waals surface area contributed by atoms with Gasteiger partial charge in [-0.25, -0.2) is 0 Å². The number of methoxy groups -OCH3 is 1. The minimum absolute atomic E-state index is 0.339. The van der Waals surface area contributed by atoms with Gasteiger partial charge in [-0.3, -0.25) is 4.79 Å². The van der Waals surface area contributed by atoms with E-state index in [9.17, 15) is 10.1 Å². The highest BCUT2D eigenvalue weighted by molar-refractivity contribution is 6.30. The lowest BCUT2D eigenvalue weighted by Gasteiger charge is -2.17. The van der Waals surface area contributed by atoms with Crippen molar-refractivity contribution in [2.24, 2.45) is 5.41 Å². The van der Waals surface area contributed by atoms with Gasteiger partial charge in [-0.05, 0) is 62.2 Å². The van der Waals surface area contributed by atoms with Crippen LogP contribution in [0.3, 0.4) is 0 Å². The van der Waals surface area contributed by atoms with Crippen LogP contribution in [0.2, 0.25) is 5.02 Å².